The number of para-hydroxylation sites is 1. The van der Waals surface area contributed by atoms with E-state index < -0.39 is 114 Å². The molecule has 14 N–H and O–H groups in total. The maximum absolute atomic E-state index is 14.4. The van der Waals surface area contributed by atoms with E-state index in [1.165, 1.54) is 19.4 Å². The van der Waals surface area contributed by atoms with E-state index in [9.17, 15) is 53.1 Å². The number of nitrogens with two attached hydrogens (primary N) is 1. The summed E-state index contributed by atoms with van der Waals surface area (Å²) in [5.74, 6) is -8.07. The van der Waals surface area contributed by atoms with E-state index in [1.807, 2.05) is 18.2 Å². The number of H-pyrrole nitrogens is 2. The number of imidazole rings is 1. The van der Waals surface area contributed by atoms with Crippen LogP contribution in [0.5, 0.6) is 0 Å². The second kappa shape index (κ2) is 28.8. The van der Waals surface area contributed by atoms with Gasteiger partial charge in [-0.15, -0.1) is 0 Å². The predicted molar refractivity (Wildman–Crippen MR) is 287 cm³/mol. The second-order valence-electron chi connectivity index (χ2n) is 21.1. The molecule has 8 atom stereocenters. The van der Waals surface area contributed by atoms with Crippen molar-refractivity contribution in [3.63, 3.8) is 0 Å². The lowest BCUT2D eigenvalue weighted by Gasteiger charge is -2.31. The van der Waals surface area contributed by atoms with Crippen LogP contribution >= 0.6 is 0 Å². The first-order chi connectivity index (χ1) is 37.0. The number of fused-ring (bicyclic) bond motifs is 1. The molecule has 0 aliphatic carbocycles. The summed E-state index contributed by atoms with van der Waals surface area (Å²) in [5.41, 5.74) is 7.01. The number of hydrogen-bond donors (Lipinski definition) is 13. The van der Waals surface area contributed by atoms with Crippen molar-refractivity contribution in [2.75, 3.05) is 13.1 Å². The highest BCUT2D eigenvalue weighted by atomic mass is 16.4. The molecule has 1 aliphatic rings. The number of piperidine rings is 1. The molecule has 5 rings (SSSR count). The average molecular weight is 1080 g/mol. The fourth-order valence-corrected chi connectivity index (χ4v) is 8.86. The van der Waals surface area contributed by atoms with Crippen molar-refractivity contribution in [1.82, 2.24) is 62.8 Å². The number of hydrogen-bond acceptors (Lipinski definition) is 12. The van der Waals surface area contributed by atoms with E-state index in [0.717, 1.165) is 29.3 Å². The van der Waals surface area contributed by atoms with E-state index in [1.54, 1.807) is 77.2 Å². The zero-order valence-electron chi connectivity index (χ0n) is 45.0. The molecule has 0 radical (unpaired) electrons. The summed E-state index contributed by atoms with van der Waals surface area (Å²) in [6.45, 7) is 9.92. The van der Waals surface area contributed by atoms with Gasteiger partial charge in [-0.2, -0.15) is 0 Å². The molecule has 24 nitrogen and oxygen atoms in total. The molecule has 3 heterocycles. The Morgan fingerprint density at radius 3 is 1.95 bits per heavy atom. The molecule has 1 fully saturated rings. The van der Waals surface area contributed by atoms with Gasteiger partial charge >= 0.3 is 5.97 Å². The number of carbonyl (C=O) groups excluding carboxylic acids is 9. The quantitative estimate of drug-likeness (QED) is 0.0358. The maximum Gasteiger partial charge on any atom is 0.326 e. The number of amides is 9. The topological polar surface area (TPSA) is 370 Å². The van der Waals surface area contributed by atoms with Crippen molar-refractivity contribution in [2.24, 2.45) is 17.1 Å². The third kappa shape index (κ3) is 18.8. The summed E-state index contributed by atoms with van der Waals surface area (Å²) in [6, 6.07) is 6.56. The zero-order valence-corrected chi connectivity index (χ0v) is 45.0. The molecular formula is C54H75N13O11. The highest BCUT2D eigenvalue weighted by Crippen LogP contribution is 2.21. The van der Waals surface area contributed by atoms with Gasteiger partial charge in [-0.05, 0) is 67.7 Å². The zero-order chi connectivity index (χ0) is 57.1. The molecule has 0 spiro atoms. The van der Waals surface area contributed by atoms with Crippen LogP contribution < -0.4 is 53.6 Å². The second-order valence-corrected chi connectivity index (χ2v) is 21.1. The molecule has 1 aliphatic heterocycles. The SMILES string of the molecule is CC(C)C[C@H](NC(=O)[C@H](Cc1c[nH]cn1)NC(=O)CNC(=O)[C@@H](NC(=O)[C@H](C)NC(=O)[C@H](Cc1c[nH]c2ccccc12)NC(=O)[C@H](CCC(N)=O)NC(=O)[C@@H](Cc1ccccc1)NC(=O)[C@@H]1CCCCN1)C(C)(C)C)C(=O)O. The van der Waals surface area contributed by atoms with E-state index in [4.69, 9.17) is 5.73 Å². The molecule has 2 aromatic heterocycles. The van der Waals surface area contributed by atoms with Crippen LogP contribution in [0.3, 0.4) is 0 Å². The monoisotopic (exact) mass is 1080 g/mol. The Labute approximate surface area is 452 Å². The number of carbonyl (C=O) groups is 10. The van der Waals surface area contributed by atoms with Gasteiger partial charge in [-0.1, -0.05) is 89.6 Å². The lowest BCUT2D eigenvalue weighted by Crippen LogP contribution is -2.61. The van der Waals surface area contributed by atoms with Crippen LogP contribution in [0.1, 0.15) is 96.9 Å². The number of aromatic nitrogens is 3. The van der Waals surface area contributed by atoms with Gasteiger partial charge in [0.25, 0.3) is 0 Å². The number of carboxylic acid groups (broad SMARTS) is 1. The van der Waals surface area contributed by atoms with Gasteiger partial charge in [0, 0.05) is 49.0 Å². The summed E-state index contributed by atoms with van der Waals surface area (Å²) in [7, 11) is 0. The third-order valence-corrected chi connectivity index (χ3v) is 13.1. The number of nitrogens with one attached hydrogen (secondary N) is 11. The summed E-state index contributed by atoms with van der Waals surface area (Å²) in [5, 5.41) is 34.7. The molecule has 0 unspecified atom stereocenters. The van der Waals surface area contributed by atoms with Crippen LogP contribution in [0.4, 0.5) is 0 Å². The Morgan fingerprint density at radius 1 is 0.692 bits per heavy atom. The van der Waals surface area contributed by atoms with Gasteiger partial charge in [0.05, 0.1) is 24.6 Å². The van der Waals surface area contributed by atoms with Crippen molar-refractivity contribution in [3.8, 4) is 0 Å². The minimum Gasteiger partial charge on any atom is -0.480 e. The van der Waals surface area contributed by atoms with Crippen molar-refractivity contribution >= 4 is 70.0 Å². The summed E-state index contributed by atoms with van der Waals surface area (Å²) in [6.07, 6.45) is 6.21. The van der Waals surface area contributed by atoms with E-state index in [0.29, 0.717) is 24.2 Å². The van der Waals surface area contributed by atoms with E-state index in [-0.39, 0.29) is 50.4 Å². The summed E-state index contributed by atoms with van der Waals surface area (Å²) < 4.78 is 0. The van der Waals surface area contributed by atoms with Crippen LogP contribution in [0, 0.1) is 11.3 Å². The Balaban J connectivity index is 1.30. The van der Waals surface area contributed by atoms with Crippen molar-refractivity contribution in [3.05, 3.63) is 90.1 Å². The number of aromatic amines is 2. The average Bonchev–Trinajstić information content (AvgIpc) is 4.09. The fraction of sp³-hybridized carbons (Fsp3) is 0.500. The molecule has 24 heteroatoms. The van der Waals surface area contributed by atoms with Gasteiger partial charge in [-0.3, -0.25) is 43.2 Å². The molecule has 78 heavy (non-hydrogen) atoms. The first kappa shape index (κ1) is 60.7. The standard InChI is InChI=1S/C54H75N13O11/c1-30(2)22-42(53(77)78)66-51(75)41(25-34-27-56-29-60-34)62-44(69)28-59-52(76)45(54(4,5)6)67-46(70)31(3)61-49(73)40(24-33-26-58-36-17-11-10-16-35(33)36)65-48(72)38(19-20-43(55)68)63-50(74)39(23-32-14-8-7-9-15-32)64-47(71)37-18-12-13-21-57-37/h7-11,14-17,26-27,29-31,37-42,45,57-58H,12-13,18-25,28H2,1-6H3,(H2,55,68)(H,56,60)(H,59,76)(H,61,73)(H,62,69)(H,63,74)(H,64,71)(H,65,72)(H,66,75)(H,67,70)(H,77,78)/t31-,37-,38-,39+,40-,41-,42-,45+/m0/s1. The third-order valence-electron chi connectivity index (χ3n) is 13.1. The minimum absolute atomic E-state index is 0.0678. The van der Waals surface area contributed by atoms with Crippen LogP contribution in [-0.2, 0) is 67.2 Å². The van der Waals surface area contributed by atoms with Crippen LogP contribution in [0.25, 0.3) is 10.9 Å². The van der Waals surface area contributed by atoms with Crippen LogP contribution in [-0.4, -0.2) is 141 Å². The number of rotatable bonds is 28. The molecule has 1 saturated heterocycles. The molecule has 422 valence electrons. The van der Waals surface area contributed by atoms with Gasteiger partial charge in [0.15, 0.2) is 0 Å². The molecule has 4 aromatic rings. The summed E-state index contributed by atoms with van der Waals surface area (Å²) in [4.78, 5) is 145. The lowest BCUT2D eigenvalue weighted by atomic mass is 9.86. The number of nitrogens with zero attached hydrogens (tertiary/aromatic N) is 1. The van der Waals surface area contributed by atoms with Gasteiger partial charge < -0.3 is 68.7 Å². The molecule has 9 amide bonds. The Morgan fingerprint density at radius 2 is 1.32 bits per heavy atom. The Bertz CT molecular complexity index is 2720. The minimum atomic E-state index is -1.43. The van der Waals surface area contributed by atoms with Crippen molar-refractivity contribution < 1.29 is 53.1 Å². The maximum atomic E-state index is 14.4. The number of carboxylic acids is 1. The molecular weight excluding hydrogens is 1010 g/mol. The largest absolute Gasteiger partial charge is 0.480 e. The number of benzene rings is 2. The summed E-state index contributed by atoms with van der Waals surface area (Å²) >= 11 is 0. The first-order valence-electron chi connectivity index (χ1n) is 26.2. The predicted octanol–water partition coefficient (Wildman–Crippen LogP) is 0.0330. The van der Waals surface area contributed by atoms with Crippen molar-refractivity contribution in [2.45, 2.75) is 148 Å². The van der Waals surface area contributed by atoms with Crippen LogP contribution in [0.15, 0.2) is 73.3 Å². The first-order valence-corrected chi connectivity index (χ1v) is 26.2. The Kier molecular flexibility index (Phi) is 22.4. The van der Waals surface area contributed by atoms with Crippen molar-refractivity contribution in [1.29, 1.82) is 0 Å². The fourth-order valence-electron chi connectivity index (χ4n) is 8.86. The van der Waals surface area contributed by atoms with Crippen LogP contribution in [0.2, 0.25) is 0 Å². The van der Waals surface area contributed by atoms with E-state index >= 15 is 0 Å². The number of aliphatic carboxylic acids is 1. The highest BCUT2D eigenvalue weighted by Gasteiger charge is 2.37. The normalized spacial score (nSPS) is 16.2. The highest BCUT2D eigenvalue weighted by molar-refractivity contribution is 5.98. The van der Waals surface area contributed by atoms with E-state index in [2.05, 4.69) is 62.8 Å². The number of primary amides is 1. The lowest BCUT2D eigenvalue weighted by molar-refractivity contribution is -0.142. The molecule has 0 saturated carbocycles. The van der Waals surface area contributed by atoms with Gasteiger partial charge in [-0.25, -0.2) is 9.78 Å². The van der Waals surface area contributed by atoms with Gasteiger partial charge in [0.1, 0.15) is 42.3 Å². The molecule has 0 bridgehead atoms. The van der Waals surface area contributed by atoms with Gasteiger partial charge in [0.2, 0.25) is 53.2 Å². The molecule has 2 aromatic carbocycles. The smallest absolute Gasteiger partial charge is 0.326 e. The Hall–Kier alpha value is -8.15.